The summed E-state index contributed by atoms with van der Waals surface area (Å²) < 4.78 is 0.998. The van der Waals surface area contributed by atoms with Crippen LogP contribution in [-0.4, -0.2) is 41.6 Å². The molecular formula is C17H16BrN2O3+. The Labute approximate surface area is 142 Å². The van der Waals surface area contributed by atoms with Crippen LogP contribution in [0.15, 0.2) is 40.9 Å². The van der Waals surface area contributed by atoms with Gasteiger partial charge in [0.25, 0.3) is 0 Å². The van der Waals surface area contributed by atoms with Crippen LogP contribution in [0, 0.1) is 11.8 Å². The van der Waals surface area contributed by atoms with Gasteiger partial charge in [-0.3, -0.25) is 19.3 Å². The molecule has 3 aliphatic heterocycles. The number of rotatable bonds is 2. The van der Waals surface area contributed by atoms with Crippen LogP contribution in [0.5, 0.6) is 0 Å². The van der Waals surface area contributed by atoms with Crippen molar-refractivity contribution in [2.24, 2.45) is 11.8 Å². The minimum absolute atomic E-state index is 0.0442. The first-order chi connectivity index (χ1) is 11.0. The number of ketones is 1. The SMILES string of the molecule is CN1C(=O)[C@@H]2[C@H](C1=O)[C@H]1C=CC(=O)[C@@H]2[NH+]1Cc1ccc(Br)cc1. The predicted octanol–water partition coefficient (Wildman–Crippen LogP) is -0.0453. The molecule has 1 aromatic carbocycles. The van der Waals surface area contributed by atoms with Gasteiger partial charge in [0.1, 0.15) is 24.4 Å². The van der Waals surface area contributed by atoms with Gasteiger partial charge in [0.15, 0.2) is 6.04 Å². The maximum absolute atomic E-state index is 12.4. The summed E-state index contributed by atoms with van der Waals surface area (Å²) >= 11 is 3.41. The van der Waals surface area contributed by atoms with Gasteiger partial charge in [-0.05, 0) is 24.3 Å². The molecule has 4 rings (SSSR count). The van der Waals surface area contributed by atoms with Crippen molar-refractivity contribution in [1.82, 2.24) is 4.90 Å². The van der Waals surface area contributed by atoms with E-state index in [0.717, 1.165) is 14.9 Å². The number of hydrogen-bond acceptors (Lipinski definition) is 3. The number of fused-ring (bicyclic) bond motifs is 5. The lowest BCUT2D eigenvalue weighted by Crippen LogP contribution is -3.18. The molecule has 2 bridgehead atoms. The van der Waals surface area contributed by atoms with E-state index in [1.807, 2.05) is 30.3 Å². The lowest BCUT2D eigenvalue weighted by atomic mass is 9.90. The molecule has 3 aliphatic rings. The number of amides is 2. The lowest BCUT2D eigenvalue weighted by molar-refractivity contribution is -0.937. The standard InChI is InChI=1S/C17H15BrN2O3/c1-19-16(22)13-11-6-7-12(21)15(14(13)17(19)23)20(11)8-9-2-4-10(18)5-3-9/h2-7,11,13-15H,8H2,1H3/p+1/t11-,13-,14-,15+/m1/s1. The zero-order chi connectivity index (χ0) is 16.3. The van der Waals surface area contributed by atoms with Gasteiger partial charge in [0, 0.05) is 17.1 Å². The molecule has 6 heteroatoms. The molecule has 0 aliphatic carbocycles. The third kappa shape index (κ3) is 2.05. The third-order valence-electron chi connectivity index (χ3n) is 5.29. The first-order valence-corrected chi connectivity index (χ1v) is 8.42. The topological polar surface area (TPSA) is 58.9 Å². The molecule has 3 heterocycles. The number of benzene rings is 1. The zero-order valence-corrected chi connectivity index (χ0v) is 14.1. The molecule has 2 amide bonds. The highest BCUT2D eigenvalue weighted by Gasteiger charge is 2.66. The largest absolute Gasteiger partial charge is 0.315 e. The van der Waals surface area contributed by atoms with Crippen molar-refractivity contribution in [1.29, 1.82) is 0 Å². The molecule has 2 fully saturated rings. The summed E-state index contributed by atoms with van der Waals surface area (Å²) in [5.74, 6) is -1.31. The predicted molar refractivity (Wildman–Crippen MR) is 85.3 cm³/mol. The van der Waals surface area contributed by atoms with Crippen LogP contribution in [0.1, 0.15) is 5.56 Å². The van der Waals surface area contributed by atoms with Gasteiger partial charge in [-0.2, -0.15) is 0 Å². The molecule has 1 unspecified atom stereocenters. The van der Waals surface area contributed by atoms with E-state index < -0.39 is 17.9 Å². The molecule has 0 aromatic heterocycles. The van der Waals surface area contributed by atoms with Gasteiger partial charge < -0.3 is 4.90 Å². The number of likely N-dealkylation sites (tertiary alicyclic amines) is 1. The molecule has 0 spiro atoms. The molecule has 23 heavy (non-hydrogen) atoms. The number of nitrogens with one attached hydrogen (secondary N) is 1. The highest BCUT2D eigenvalue weighted by atomic mass is 79.9. The average Bonchev–Trinajstić information content (AvgIpc) is 2.89. The Morgan fingerprint density at radius 2 is 1.74 bits per heavy atom. The number of imide groups is 1. The van der Waals surface area contributed by atoms with Gasteiger partial charge in [-0.1, -0.05) is 28.1 Å². The third-order valence-corrected chi connectivity index (χ3v) is 5.82. The van der Waals surface area contributed by atoms with Crippen LogP contribution in [0.3, 0.4) is 0 Å². The molecule has 1 N–H and O–H groups in total. The van der Waals surface area contributed by atoms with Crippen LogP contribution in [0.2, 0.25) is 0 Å². The van der Waals surface area contributed by atoms with Crippen LogP contribution in [0.25, 0.3) is 0 Å². The highest BCUT2D eigenvalue weighted by Crippen LogP contribution is 2.36. The normalized spacial score (nSPS) is 35.1. The van der Waals surface area contributed by atoms with E-state index in [4.69, 9.17) is 0 Å². The number of halogens is 1. The van der Waals surface area contributed by atoms with Gasteiger partial charge >= 0.3 is 0 Å². The second-order valence-corrected chi connectivity index (χ2v) is 7.35. The Morgan fingerprint density at radius 1 is 1.09 bits per heavy atom. The van der Waals surface area contributed by atoms with E-state index in [2.05, 4.69) is 15.9 Å². The fourth-order valence-electron chi connectivity index (χ4n) is 4.23. The first-order valence-electron chi connectivity index (χ1n) is 7.62. The minimum Gasteiger partial charge on any atom is -0.315 e. The second-order valence-electron chi connectivity index (χ2n) is 6.43. The van der Waals surface area contributed by atoms with E-state index >= 15 is 0 Å². The quantitative estimate of drug-likeness (QED) is 0.737. The maximum Gasteiger partial charge on any atom is 0.239 e. The molecule has 5 atom stereocenters. The molecule has 5 nitrogen and oxygen atoms in total. The van der Waals surface area contributed by atoms with Gasteiger partial charge in [0.2, 0.25) is 17.6 Å². The van der Waals surface area contributed by atoms with Gasteiger partial charge in [-0.25, -0.2) is 0 Å². The fraction of sp³-hybridized carbons (Fsp3) is 0.353. The number of carbonyl (C=O) groups is 3. The summed E-state index contributed by atoms with van der Waals surface area (Å²) in [7, 11) is 1.52. The van der Waals surface area contributed by atoms with Crippen LogP contribution in [-0.2, 0) is 20.9 Å². The van der Waals surface area contributed by atoms with Crippen molar-refractivity contribution >= 4 is 33.5 Å². The summed E-state index contributed by atoms with van der Waals surface area (Å²) in [5, 5.41) is 0. The van der Waals surface area contributed by atoms with Crippen LogP contribution in [0.4, 0.5) is 0 Å². The number of carbonyl (C=O) groups excluding carboxylic acids is 3. The van der Waals surface area contributed by atoms with E-state index in [9.17, 15) is 14.4 Å². The van der Waals surface area contributed by atoms with E-state index in [1.54, 1.807) is 6.08 Å². The van der Waals surface area contributed by atoms with E-state index in [-0.39, 0.29) is 23.6 Å². The Hall–Kier alpha value is -1.79. The number of quaternary nitrogens is 1. The Kier molecular flexibility index (Phi) is 3.28. The summed E-state index contributed by atoms with van der Waals surface area (Å²) in [6.07, 6.45) is 3.38. The summed E-state index contributed by atoms with van der Waals surface area (Å²) in [6, 6.07) is 7.38. The monoisotopic (exact) mass is 375 g/mol. The fourth-order valence-corrected chi connectivity index (χ4v) is 4.49. The van der Waals surface area contributed by atoms with Gasteiger partial charge in [-0.15, -0.1) is 0 Å². The lowest BCUT2D eigenvalue weighted by Gasteiger charge is -2.30. The summed E-state index contributed by atoms with van der Waals surface area (Å²) in [5.41, 5.74) is 1.09. The highest BCUT2D eigenvalue weighted by molar-refractivity contribution is 9.10. The van der Waals surface area contributed by atoms with Crippen molar-refractivity contribution in [3.8, 4) is 0 Å². The number of nitrogens with zero attached hydrogens (tertiary/aromatic N) is 1. The van der Waals surface area contributed by atoms with Crippen molar-refractivity contribution < 1.29 is 19.3 Å². The Morgan fingerprint density at radius 3 is 2.43 bits per heavy atom. The van der Waals surface area contributed by atoms with Crippen LogP contribution < -0.4 is 4.90 Å². The van der Waals surface area contributed by atoms with Gasteiger partial charge in [0.05, 0.1) is 0 Å². The molecule has 0 saturated carbocycles. The van der Waals surface area contributed by atoms with E-state index in [1.165, 1.54) is 11.9 Å². The van der Waals surface area contributed by atoms with Crippen molar-refractivity contribution in [3.63, 3.8) is 0 Å². The molecule has 2 saturated heterocycles. The van der Waals surface area contributed by atoms with Crippen molar-refractivity contribution in [2.75, 3.05) is 7.05 Å². The van der Waals surface area contributed by atoms with Crippen molar-refractivity contribution in [3.05, 3.63) is 46.5 Å². The first kappa shape index (κ1) is 14.8. The molecule has 118 valence electrons. The summed E-state index contributed by atoms with van der Waals surface area (Å²) in [4.78, 5) is 39.5. The Balaban J connectivity index is 1.71. The van der Waals surface area contributed by atoms with E-state index in [0.29, 0.717) is 6.54 Å². The number of hydrogen-bond donors (Lipinski definition) is 1. The van der Waals surface area contributed by atoms with Crippen LogP contribution >= 0.6 is 15.9 Å². The smallest absolute Gasteiger partial charge is 0.239 e. The minimum atomic E-state index is -0.509. The Bertz CT molecular complexity index is 743. The maximum atomic E-state index is 12.4. The summed E-state index contributed by atoms with van der Waals surface area (Å²) in [6.45, 7) is 0.635. The molecular weight excluding hydrogens is 360 g/mol. The average molecular weight is 376 g/mol. The zero-order valence-electron chi connectivity index (χ0n) is 12.5. The molecule has 0 radical (unpaired) electrons. The molecule has 1 aromatic rings. The second kappa shape index (κ2) is 5.11. The van der Waals surface area contributed by atoms with Crippen molar-refractivity contribution in [2.45, 2.75) is 18.6 Å².